The van der Waals surface area contributed by atoms with Crippen molar-refractivity contribution in [2.24, 2.45) is 0 Å². The first kappa shape index (κ1) is 17.6. The van der Waals surface area contributed by atoms with Gasteiger partial charge in [-0.05, 0) is 29.7 Å². The van der Waals surface area contributed by atoms with Gasteiger partial charge in [0.2, 0.25) is 0 Å². The van der Waals surface area contributed by atoms with E-state index in [0.717, 1.165) is 35.4 Å². The van der Waals surface area contributed by atoms with E-state index in [4.69, 9.17) is 9.15 Å². The van der Waals surface area contributed by atoms with Crippen molar-refractivity contribution in [3.63, 3.8) is 0 Å². The summed E-state index contributed by atoms with van der Waals surface area (Å²) in [5, 5.41) is 4.98. The van der Waals surface area contributed by atoms with Crippen LogP contribution in [0.1, 0.15) is 35.0 Å². The number of benzene rings is 2. The molecule has 0 unspecified atom stereocenters. The summed E-state index contributed by atoms with van der Waals surface area (Å²) in [5.41, 5.74) is 0.668. The quantitative estimate of drug-likeness (QED) is 0.706. The predicted molar refractivity (Wildman–Crippen MR) is 104 cm³/mol. The van der Waals surface area contributed by atoms with E-state index in [1.807, 2.05) is 48.5 Å². The summed E-state index contributed by atoms with van der Waals surface area (Å²) in [5.74, 6) is 1.65. The Morgan fingerprint density at radius 2 is 1.89 bits per heavy atom. The third kappa shape index (κ3) is 3.55. The number of fused-ring (bicyclic) bond motifs is 1. The second-order valence-corrected chi connectivity index (χ2v) is 7.00. The number of amides is 1. The Bertz CT molecular complexity index is 914. The van der Waals surface area contributed by atoms with Crippen molar-refractivity contribution in [1.82, 2.24) is 5.32 Å². The maximum atomic E-state index is 13.0. The third-order valence-electron chi connectivity index (χ3n) is 5.44. The summed E-state index contributed by atoms with van der Waals surface area (Å²) in [4.78, 5) is 14.4. The van der Waals surface area contributed by atoms with Gasteiger partial charge in [0, 0.05) is 23.8 Å². The van der Waals surface area contributed by atoms with Gasteiger partial charge in [-0.2, -0.15) is 0 Å². The number of hydrogen-bond donors (Lipinski definition) is 2. The standard InChI is InChI=1S/C22H24N2O3/c1-26-20-11-10-18(16-7-2-3-8-17(16)20)22(25)23-15-19(21-9-6-14-27-21)24-12-4-5-13-24/h2-3,6-11,14,19H,4-5,12-13,15H2,1H3,(H,23,25)/p+1/t19-/m1/s1. The van der Waals surface area contributed by atoms with Crippen molar-refractivity contribution < 1.29 is 18.8 Å². The summed E-state index contributed by atoms with van der Waals surface area (Å²) in [6.45, 7) is 2.79. The Morgan fingerprint density at radius 3 is 2.59 bits per heavy atom. The lowest BCUT2D eigenvalue weighted by Gasteiger charge is -2.23. The molecule has 5 heteroatoms. The van der Waals surface area contributed by atoms with Gasteiger partial charge in [0.25, 0.3) is 5.91 Å². The van der Waals surface area contributed by atoms with Crippen LogP contribution in [0.2, 0.25) is 0 Å². The van der Waals surface area contributed by atoms with Crippen LogP contribution in [0, 0.1) is 0 Å². The van der Waals surface area contributed by atoms with E-state index >= 15 is 0 Å². The summed E-state index contributed by atoms with van der Waals surface area (Å²) in [6.07, 6.45) is 4.16. The molecule has 0 radical (unpaired) electrons. The molecular weight excluding hydrogens is 340 g/mol. The van der Waals surface area contributed by atoms with Gasteiger partial charge in [0.1, 0.15) is 5.75 Å². The van der Waals surface area contributed by atoms with Crippen LogP contribution in [0.25, 0.3) is 10.8 Å². The van der Waals surface area contributed by atoms with Crippen LogP contribution >= 0.6 is 0 Å². The molecular formula is C22H25N2O3+. The van der Waals surface area contributed by atoms with E-state index in [9.17, 15) is 4.79 Å². The van der Waals surface area contributed by atoms with E-state index in [-0.39, 0.29) is 11.9 Å². The van der Waals surface area contributed by atoms with Gasteiger partial charge in [-0.1, -0.05) is 24.3 Å². The normalized spacial score (nSPS) is 15.7. The van der Waals surface area contributed by atoms with E-state index in [0.29, 0.717) is 12.1 Å². The Hall–Kier alpha value is -2.79. The van der Waals surface area contributed by atoms with E-state index in [1.165, 1.54) is 17.7 Å². The lowest BCUT2D eigenvalue weighted by atomic mass is 10.0. The predicted octanol–water partition coefficient (Wildman–Crippen LogP) is 2.59. The molecule has 1 aliphatic heterocycles. The van der Waals surface area contributed by atoms with Crippen molar-refractivity contribution in [2.75, 3.05) is 26.7 Å². The second kappa shape index (κ2) is 7.84. The molecule has 2 aromatic carbocycles. The number of hydrogen-bond acceptors (Lipinski definition) is 3. The van der Waals surface area contributed by atoms with Crippen LogP contribution in [0.3, 0.4) is 0 Å². The number of carbonyl (C=O) groups excluding carboxylic acids is 1. The smallest absolute Gasteiger partial charge is 0.252 e. The zero-order valence-corrected chi connectivity index (χ0v) is 15.5. The van der Waals surface area contributed by atoms with Crippen molar-refractivity contribution >= 4 is 16.7 Å². The number of ether oxygens (including phenoxy) is 1. The van der Waals surface area contributed by atoms with Gasteiger partial charge in [-0.15, -0.1) is 0 Å². The molecule has 1 fully saturated rings. The molecule has 0 aliphatic carbocycles. The molecule has 3 aromatic rings. The lowest BCUT2D eigenvalue weighted by Crippen LogP contribution is -3.11. The highest BCUT2D eigenvalue weighted by Crippen LogP contribution is 2.28. The van der Waals surface area contributed by atoms with Gasteiger partial charge < -0.3 is 19.4 Å². The van der Waals surface area contributed by atoms with Crippen molar-refractivity contribution in [3.8, 4) is 5.75 Å². The largest absolute Gasteiger partial charge is 0.496 e. The number of nitrogens with one attached hydrogen (secondary N) is 2. The Balaban J connectivity index is 1.56. The lowest BCUT2D eigenvalue weighted by molar-refractivity contribution is -0.919. The van der Waals surface area contributed by atoms with Crippen molar-refractivity contribution in [3.05, 3.63) is 66.1 Å². The number of furan rings is 1. The van der Waals surface area contributed by atoms with Gasteiger partial charge in [-0.3, -0.25) is 4.79 Å². The Kier molecular flexibility index (Phi) is 5.12. The molecule has 1 amide bonds. The monoisotopic (exact) mass is 365 g/mol. The third-order valence-corrected chi connectivity index (χ3v) is 5.44. The first-order valence-electron chi connectivity index (χ1n) is 9.50. The van der Waals surface area contributed by atoms with Crippen LogP contribution in [0.15, 0.2) is 59.2 Å². The van der Waals surface area contributed by atoms with Gasteiger partial charge >= 0.3 is 0 Å². The average molecular weight is 365 g/mol. The molecule has 1 saturated heterocycles. The molecule has 1 atom stereocenters. The highest BCUT2D eigenvalue weighted by molar-refractivity contribution is 6.08. The van der Waals surface area contributed by atoms with Crippen molar-refractivity contribution in [2.45, 2.75) is 18.9 Å². The molecule has 2 N–H and O–H groups in total. The molecule has 1 aliphatic rings. The van der Waals surface area contributed by atoms with Crippen LogP contribution < -0.4 is 15.0 Å². The van der Waals surface area contributed by atoms with Gasteiger partial charge in [0.15, 0.2) is 11.8 Å². The summed E-state index contributed by atoms with van der Waals surface area (Å²) in [7, 11) is 1.65. The van der Waals surface area contributed by atoms with Gasteiger partial charge in [0.05, 0.1) is 33.0 Å². The molecule has 2 heterocycles. The van der Waals surface area contributed by atoms with E-state index in [2.05, 4.69) is 5.32 Å². The molecule has 0 bridgehead atoms. The zero-order chi connectivity index (χ0) is 18.6. The molecule has 27 heavy (non-hydrogen) atoms. The summed E-state index contributed by atoms with van der Waals surface area (Å²) < 4.78 is 11.1. The molecule has 140 valence electrons. The van der Waals surface area contributed by atoms with Crippen LogP contribution in [0.5, 0.6) is 5.75 Å². The minimum atomic E-state index is -0.0657. The summed E-state index contributed by atoms with van der Waals surface area (Å²) >= 11 is 0. The zero-order valence-electron chi connectivity index (χ0n) is 15.5. The Morgan fingerprint density at radius 1 is 1.11 bits per heavy atom. The SMILES string of the molecule is COc1ccc(C(=O)NC[C@H](c2ccco2)[NH+]2CCCC2)c2ccccc12. The topological polar surface area (TPSA) is 55.9 Å². The minimum Gasteiger partial charge on any atom is -0.496 e. The molecule has 4 rings (SSSR count). The van der Waals surface area contributed by atoms with E-state index in [1.54, 1.807) is 13.4 Å². The molecule has 1 aromatic heterocycles. The number of carbonyl (C=O) groups is 1. The number of quaternary nitrogens is 1. The number of methoxy groups -OCH3 is 1. The molecule has 0 spiro atoms. The maximum Gasteiger partial charge on any atom is 0.252 e. The first-order chi connectivity index (χ1) is 13.3. The van der Waals surface area contributed by atoms with Crippen molar-refractivity contribution in [1.29, 1.82) is 0 Å². The number of likely N-dealkylation sites (tertiary alicyclic amines) is 1. The van der Waals surface area contributed by atoms with Gasteiger partial charge in [-0.25, -0.2) is 0 Å². The van der Waals surface area contributed by atoms with Crippen LogP contribution in [-0.2, 0) is 0 Å². The van der Waals surface area contributed by atoms with Crippen LogP contribution in [-0.4, -0.2) is 32.7 Å². The summed E-state index contributed by atoms with van der Waals surface area (Å²) in [6, 6.07) is 15.6. The fraction of sp³-hybridized carbons (Fsp3) is 0.318. The average Bonchev–Trinajstić information content (AvgIpc) is 3.42. The van der Waals surface area contributed by atoms with Crippen LogP contribution in [0.4, 0.5) is 0 Å². The Labute approximate surface area is 158 Å². The van der Waals surface area contributed by atoms with E-state index < -0.39 is 0 Å². The highest BCUT2D eigenvalue weighted by atomic mass is 16.5. The minimum absolute atomic E-state index is 0.0657. The second-order valence-electron chi connectivity index (χ2n) is 7.00. The molecule has 0 saturated carbocycles. The fourth-order valence-corrected chi connectivity index (χ4v) is 4.05. The highest BCUT2D eigenvalue weighted by Gasteiger charge is 2.30. The first-order valence-corrected chi connectivity index (χ1v) is 9.50. The maximum absolute atomic E-state index is 13.0. The fourth-order valence-electron chi connectivity index (χ4n) is 4.05. The molecule has 5 nitrogen and oxygen atoms in total. The number of rotatable bonds is 6.